The van der Waals surface area contributed by atoms with Gasteiger partial charge in [0.2, 0.25) is 0 Å². The second-order valence-electron chi connectivity index (χ2n) is 7.94. The molecule has 0 spiro atoms. The van der Waals surface area contributed by atoms with Gasteiger partial charge in [-0.15, -0.1) is 11.3 Å². The lowest BCUT2D eigenvalue weighted by atomic mass is 9.98. The van der Waals surface area contributed by atoms with Gasteiger partial charge < -0.3 is 0 Å². The standard InChI is InChI=1S/C28H23NS/c1-18-12-19(2)28(20(3)13-18)26-16-24-15-25(29-17-27(24)30-26)23-11-7-10-22(14-23)21-8-5-4-6-9-21/h4-17H,1-3H3. The number of thiophene rings is 1. The van der Waals surface area contributed by atoms with Crippen molar-refractivity contribution in [1.29, 1.82) is 0 Å². The van der Waals surface area contributed by atoms with Crippen LogP contribution in [0.3, 0.4) is 0 Å². The Kier molecular flexibility index (Phi) is 4.72. The summed E-state index contributed by atoms with van der Waals surface area (Å²) in [6.07, 6.45) is 2.02. The van der Waals surface area contributed by atoms with Crippen molar-refractivity contribution in [2.75, 3.05) is 0 Å². The third-order valence-electron chi connectivity index (χ3n) is 5.59. The number of nitrogens with zero attached hydrogens (tertiary/aromatic N) is 1. The Bertz CT molecular complexity index is 1340. The summed E-state index contributed by atoms with van der Waals surface area (Å²) in [5.41, 5.74) is 9.95. The molecule has 5 rings (SSSR count). The molecule has 1 nitrogen and oxygen atoms in total. The van der Waals surface area contributed by atoms with Crippen LogP contribution in [0.15, 0.2) is 85.1 Å². The maximum atomic E-state index is 4.79. The fraction of sp³-hybridized carbons (Fsp3) is 0.107. The van der Waals surface area contributed by atoms with Gasteiger partial charge in [0, 0.05) is 16.6 Å². The summed E-state index contributed by atoms with van der Waals surface area (Å²) >= 11 is 1.83. The Labute approximate surface area is 181 Å². The predicted octanol–water partition coefficient (Wildman–Crippen LogP) is 8.22. The van der Waals surface area contributed by atoms with E-state index in [-0.39, 0.29) is 0 Å². The van der Waals surface area contributed by atoms with Crippen LogP contribution in [0, 0.1) is 20.8 Å². The van der Waals surface area contributed by atoms with Gasteiger partial charge in [-0.1, -0.05) is 66.2 Å². The second-order valence-corrected chi connectivity index (χ2v) is 9.02. The molecule has 0 aliphatic carbocycles. The summed E-state index contributed by atoms with van der Waals surface area (Å²) in [4.78, 5) is 6.10. The molecule has 3 aromatic carbocycles. The van der Waals surface area contributed by atoms with E-state index >= 15 is 0 Å². The van der Waals surface area contributed by atoms with Crippen molar-refractivity contribution in [3.8, 4) is 32.8 Å². The van der Waals surface area contributed by atoms with Crippen LogP contribution >= 0.6 is 11.3 Å². The zero-order chi connectivity index (χ0) is 20.7. The number of rotatable bonds is 3. The Morgan fingerprint density at radius 3 is 2.13 bits per heavy atom. The topological polar surface area (TPSA) is 12.9 Å². The molecule has 146 valence electrons. The number of hydrogen-bond donors (Lipinski definition) is 0. The molecule has 0 N–H and O–H groups in total. The summed E-state index contributed by atoms with van der Waals surface area (Å²) in [5, 5.41) is 1.25. The Hall–Kier alpha value is -3.23. The number of hydrogen-bond acceptors (Lipinski definition) is 2. The molecule has 5 aromatic rings. The summed E-state index contributed by atoms with van der Waals surface area (Å²) in [7, 11) is 0. The largest absolute Gasteiger partial charge is 0.255 e. The first kappa shape index (κ1) is 18.8. The van der Waals surface area contributed by atoms with Gasteiger partial charge in [0.25, 0.3) is 0 Å². The molecule has 30 heavy (non-hydrogen) atoms. The highest BCUT2D eigenvalue weighted by molar-refractivity contribution is 7.22. The van der Waals surface area contributed by atoms with Crippen molar-refractivity contribution < 1.29 is 0 Å². The van der Waals surface area contributed by atoms with Gasteiger partial charge in [-0.2, -0.15) is 0 Å². The first-order chi connectivity index (χ1) is 14.6. The normalized spacial score (nSPS) is 11.2. The molecule has 2 heterocycles. The van der Waals surface area contributed by atoms with Gasteiger partial charge >= 0.3 is 0 Å². The minimum absolute atomic E-state index is 1.02. The predicted molar refractivity (Wildman–Crippen MR) is 130 cm³/mol. The highest BCUT2D eigenvalue weighted by atomic mass is 32.1. The minimum Gasteiger partial charge on any atom is -0.255 e. The fourth-order valence-corrected chi connectivity index (χ4v) is 5.47. The van der Waals surface area contributed by atoms with Crippen LogP contribution in [0.25, 0.3) is 42.9 Å². The van der Waals surface area contributed by atoms with Gasteiger partial charge in [-0.25, -0.2) is 0 Å². The van der Waals surface area contributed by atoms with E-state index in [1.807, 2.05) is 17.5 Å². The third-order valence-corrected chi connectivity index (χ3v) is 6.70. The van der Waals surface area contributed by atoms with Crippen molar-refractivity contribution in [2.45, 2.75) is 20.8 Å². The van der Waals surface area contributed by atoms with Crippen LogP contribution in [-0.4, -0.2) is 4.98 Å². The van der Waals surface area contributed by atoms with Crippen molar-refractivity contribution in [1.82, 2.24) is 4.98 Å². The van der Waals surface area contributed by atoms with E-state index in [1.165, 1.54) is 48.3 Å². The van der Waals surface area contributed by atoms with Crippen LogP contribution in [0.2, 0.25) is 0 Å². The number of benzene rings is 3. The van der Waals surface area contributed by atoms with E-state index in [9.17, 15) is 0 Å². The summed E-state index contributed by atoms with van der Waals surface area (Å²) in [6, 6.07) is 28.2. The molecule has 0 fully saturated rings. The molecule has 0 atom stereocenters. The summed E-state index contributed by atoms with van der Waals surface area (Å²) in [6.45, 7) is 6.57. The van der Waals surface area contributed by atoms with Crippen molar-refractivity contribution >= 4 is 21.4 Å². The quantitative estimate of drug-likeness (QED) is 0.295. The molecule has 0 radical (unpaired) electrons. The molecule has 0 aliphatic rings. The minimum atomic E-state index is 1.02. The van der Waals surface area contributed by atoms with Crippen molar-refractivity contribution in [2.24, 2.45) is 0 Å². The van der Waals surface area contributed by atoms with Crippen molar-refractivity contribution in [3.63, 3.8) is 0 Å². The highest BCUT2D eigenvalue weighted by Crippen LogP contribution is 2.38. The third kappa shape index (κ3) is 3.44. The molecule has 0 unspecified atom stereocenters. The van der Waals surface area contributed by atoms with Gasteiger partial charge in [0.15, 0.2) is 0 Å². The van der Waals surface area contributed by atoms with E-state index in [4.69, 9.17) is 4.98 Å². The van der Waals surface area contributed by atoms with E-state index < -0.39 is 0 Å². The summed E-state index contributed by atoms with van der Waals surface area (Å²) in [5.74, 6) is 0. The number of aryl methyl sites for hydroxylation is 3. The lowest BCUT2D eigenvalue weighted by molar-refractivity contribution is 1.33. The SMILES string of the molecule is Cc1cc(C)c(-c2cc3cc(-c4cccc(-c5ccccc5)c4)ncc3s2)c(C)c1. The van der Waals surface area contributed by atoms with Gasteiger partial charge in [-0.05, 0) is 72.2 Å². The lowest BCUT2D eigenvalue weighted by Crippen LogP contribution is -1.87. The second kappa shape index (κ2) is 7.55. The Morgan fingerprint density at radius 2 is 1.37 bits per heavy atom. The maximum absolute atomic E-state index is 4.79. The molecule has 0 amide bonds. The van der Waals surface area contributed by atoms with Gasteiger partial charge in [-0.3, -0.25) is 4.98 Å². The highest BCUT2D eigenvalue weighted by Gasteiger charge is 2.12. The van der Waals surface area contributed by atoms with Crippen LogP contribution in [0.1, 0.15) is 16.7 Å². The molecule has 0 bridgehead atoms. The fourth-order valence-electron chi connectivity index (χ4n) is 4.28. The molecular weight excluding hydrogens is 382 g/mol. The zero-order valence-corrected chi connectivity index (χ0v) is 18.3. The number of aromatic nitrogens is 1. The first-order valence-corrected chi connectivity index (χ1v) is 11.0. The first-order valence-electron chi connectivity index (χ1n) is 10.2. The monoisotopic (exact) mass is 405 g/mol. The van der Waals surface area contributed by atoms with E-state index in [1.54, 1.807) is 0 Å². The average Bonchev–Trinajstić information content (AvgIpc) is 3.16. The Balaban J connectivity index is 1.57. The summed E-state index contributed by atoms with van der Waals surface area (Å²) < 4.78 is 1.23. The van der Waals surface area contributed by atoms with E-state index in [0.717, 1.165) is 11.3 Å². The number of pyridine rings is 1. The van der Waals surface area contributed by atoms with Crippen LogP contribution in [0.4, 0.5) is 0 Å². The van der Waals surface area contributed by atoms with Gasteiger partial charge in [0.05, 0.1) is 10.4 Å². The van der Waals surface area contributed by atoms with Gasteiger partial charge in [0.1, 0.15) is 0 Å². The van der Waals surface area contributed by atoms with Crippen LogP contribution < -0.4 is 0 Å². The molecule has 2 heteroatoms. The van der Waals surface area contributed by atoms with E-state index in [2.05, 4.69) is 99.6 Å². The average molecular weight is 406 g/mol. The molecule has 0 saturated heterocycles. The number of fused-ring (bicyclic) bond motifs is 1. The van der Waals surface area contributed by atoms with Crippen LogP contribution in [-0.2, 0) is 0 Å². The molecular formula is C28H23NS. The van der Waals surface area contributed by atoms with Crippen LogP contribution in [0.5, 0.6) is 0 Å². The van der Waals surface area contributed by atoms with Crippen molar-refractivity contribution in [3.05, 3.63) is 102 Å². The maximum Gasteiger partial charge on any atom is 0.0709 e. The Morgan fingerprint density at radius 1 is 0.667 bits per heavy atom. The van der Waals surface area contributed by atoms with E-state index in [0.29, 0.717) is 0 Å². The molecule has 0 saturated carbocycles. The lowest BCUT2D eigenvalue weighted by Gasteiger charge is -2.09. The smallest absolute Gasteiger partial charge is 0.0709 e. The zero-order valence-electron chi connectivity index (χ0n) is 17.4. The molecule has 2 aromatic heterocycles. The molecule has 0 aliphatic heterocycles.